The highest BCUT2D eigenvalue weighted by molar-refractivity contribution is 7.90. The number of amides is 4. The summed E-state index contributed by atoms with van der Waals surface area (Å²) >= 11 is 0. The predicted molar refractivity (Wildman–Crippen MR) is 238 cm³/mol. The van der Waals surface area contributed by atoms with Crippen LogP contribution < -0.4 is 29.6 Å². The van der Waals surface area contributed by atoms with Gasteiger partial charge in [0.2, 0.25) is 27.7 Å². The van der Waals surface area contributed by atoms with Crippen LogP contribution in [0.25, 0.3) is 22.2 Å². The molecule has 0 bridgehead atoms. The van der Waals surface area contributed by atoms with Crippen LogP contribution in [0.3, 0.4) is 0 Å². The number of hydrogen-bond acceptors (Lipinski definition) is 12. The first kappa shape index (κ1) is 49.8. The number of nitrogens with zero attached hydrogens (tertiary/aromatic N) is 3. The molecule has 66 heavy (non-hydrogen) atoms. The molecule has 20 heteroatoms. The molecule has 4 amide bonds. The molecule has 0 unspecified atom stereocenters. The number of rotatable bonds is 13. The number of nitrogens with one attached hydrogen (secondary N) is 3. The molecule has 2 aliphatic heterocycles. The highest BCUT2D eigenvalue weighted by Crippen LogP contribution is 2.46. The molecule has 0 radical (unpaired) electrons. The van der Waals surface area contributed by atoms with Crippen molar-refractivity contribution in [1.82, 2.24) is 30.2 Å². The zero-order valence-electron chi connectivity index (χ0n) is 38.1. The molecule has 4 heterocycles. The van der Waals surface area contributed by atoms with E-state index in [2.05, 4.69) is 25.1 Å². The summed E-state index contributed by atoms with van der Waals surface area (Å²) in [6.45, 7) is 9.61. The van der Waals surface area contributed by atoms with Crippen molar-refractivity contribution in [3.63, 3.8) is 0 Å². The number of unbranched alkanes of at least 4 members (excludes halogenated alkanes) is 1. The molecule has 8 atom stereocenters. The van der Waals surface area contributed by atoms with Crippen LogP contribution in [-0.4, -0.2) is 109 Å². The second kappa shape index (κ2) is 20.5. The number of methoxy groups -OCH3 is 1. The van der Waals surface area contributed by atoms with E-state index in [4.69, 9.17) is 19.2 Å². The molecule has 3 aliphatic rings. The number of hydrogen-bond donors (Lipinski definition) is 3. The average molecular weight is 945 g/mol. The van der Waals surface area contributed by atoms with Crippen LogP contribution in [0.5, 0.6) is 17.4 Å². The Labute approximate surface area is 382 Å². The van der Waals surface area contributed by atoms with Gasteiger partial charge in [-0.1, -0.05) is 39.3 Å². The Bertz CT molecular complexity index is 2400. The molecule has 0 spiro atoms. The summed E-state index contributed by atoms with van der Waals surface area (Å²) in [7, 11) is -2.54. The Hall–Kier alpha value is -5.66. The van der Waals surface area contributed by atoms with Crippen LogP contribution in [0.1, 0.15) is 86.5 Å². The quantitative estimate of drug-likeness (QED) is 0.155. The Morgan fingerprint density at radius 2 is 1.79 bits per heavy atom. The molecule has 1 aliphatic carbocycles. The van der Waals surface area contributed by atoms with Gasteiger partial charge >= 0.3 is 12.3 Å². The monoisotopic (exact) mass is 944 g/mol. The second-order valence-electron chi connectivity index (χ2n) is 17.8. The van der Waals surface area contributed by atoms with E-state index in [-0.39, 0.29) is 43.0 Å². The van der Waals surface area contributed by atoms with Crippen molar-refractivity contribution >= 4 is 44.6 Å². The lowest BCUT2D eigenvalue weighted by molar-refractivity contribution is -0.197. The summed E-state index contributed by atoms with van der Waals surface area (Å²) in [5.74, 6) is -2.91. The van der Waals surface area contributed by atoms with Gasteiger partial charge in [-0.3, -0.25) is 24.1 Å². The van der Waals surface area contributed by atoms with Gasteiger partial charge < -0.3 is 34.5 Å². The fraction of sp³-hybridized carbons (Fsp3) is 0.565. The molecule has 1 aromatic carbocycles. The molecular weight excluding hydrogens is 886 g/mol. The van der Waals surface area contributed by atoms with Crippen molar-refractivity contribution in [1.29, 1.82) is 0 Å². The molecule has 3 N–H and O–H groups in total. The molecule has 2 aromatic heterocycles. The van der Waals surface area contributed by atoms with E-state index >= 15 is 0 Å². The zero-order chi connectivity index (χ0) is 48.1. The number of allylic oxidation sites excluding steroid dienone is 1. The standard InChI is InChI=1S/C46H59F3N6O10S/c1-8-9-18-66(60,61)54-43(58)45-23-31(45)13-11-10-12-27(4)19-28(5)39(52-44(59)64-29(6)46(47,48)49)42(57)55-25-34(22-38(55)40(56)53-45)65-41-35-16-14-32(62-7)20-30(35)21-37(51-41)36-17-15-33(24-50-36)63-26(2)3/h11,13-17,20-21,24,26-29,31,34,38-39H,8-10,12,18-19,22-23,25H2,1-7H3,(H,52,59)(H,53,56)(H,54,58)/b13-11-/t27-,28-,29-,31-,34-,38+,39+,45-/m1/s1. The summed E-state index contributed by atoms with van der Waals surface area (Å²) < 4.78 is 91.1. The lowest BCUT2D eigenvalue weighted by Gasteiger charge is -2.33. The number of ether oxygens (including phenoxy) is 4. The maximum absolute atomic E-state index is 14.9. The largest absolute Gasteiger partial charge is 0.497 e. The van der Waals surface area contributed by atoms with Crippen LogP contribution in [-0.2, 0) is 29.1 Å². The Balaban J connectivity index is 1.39. The van der Waals surface area contributed by atoms with E-state index in [0.717, 1.165) is 0 Å². The first-order valence-corrected chi connectivity index (χ1v) is 23.9. The van der Waals surface area contributed by atoms with E-state index in [1.807, 2.05) is 33.8 Å². The number of carbonyl (C=O) groups is 4. The van der Waals surface area contributed by atoms with Gasteiger partial charge in [-0.2, -0.15) is 13.2 Å². The molecule has 3 aromatic rings. The van der Waals surface area contributed by atoms with E-state index in [1.54, 1.807) is 55.6 Å². The maximum Gasteiger partial charge on any atom is 0.425 e. The number of pyridine rings is 2. The molecule has 1 saturated carbocycles. The Morgan fingerprint density at radius 1 is 1.05 bits per heavy atom. The van der Waals surface area contributed by atoms with E-state index < -0.39 is 81.7 Å². The fourth-order valence-electron chi connectivity index (χ4n) is 8.41. The Morgan fingerprint density at radius 3 is 2.45 bits per heavy atom. The van der Waals surface area contributed by atoms with Gasteiger partial charge in [0.1, 0.15) is 35.2 Å². The topological polar surface area (TPSA) is 204 Å². The first-order chi connectivity index (χ1) is 31.1. The number of sulfonamides is 1. The summed E-state index contributed by atoms with van der Waals surface area (Å²) in [4.78, 5) is 67.3. The third-order valence-electron chi connectivity index (χ3n) is 12.1. The number of aromatic nitrogens is 2. The molecule has 16 nitrogen and oxygen atoms in total. The van der Waals surface area contributed by atoms with Crippen molar-refractivity contribution in [3.8, 4) is 28.8 Å². The van der Waals surface area contributed by atoms with Crippen LogP contribution in [0.2, 0.25) is 0 Å². The van der Waals surface area contributed by atoms with Crippen molar-refractivity contribution in [3.05, 3.63) is 54.7 Å². The van der Waals surface area contributed by atoms with Crippen molar-refractivity contribution in [2.45, 2.75) is 129 Å². The zero-order valence-corrected chi connectivity index (χ0v) is 39.0. The third-order valence-corrected chi connectivity index (χ3v) is 13.4. The highest BCUT2D eigenvalue weighted by atomic mass is 32.2. The van der Waals surface area contributed by atoms with Crippen LogP contribution in [0.15, 0.2) is 54.7 Å². The minimum atomic E-state index is -4.87. The highest BCUT2D eigenvalue weighted by Gasteiger charge is 2.61. The van der Waals surface area contributed by atoms with Gasteiger partial charge in [-0.25, -0.2) is 18.2 Å². The molecule has 360 valence electrons. The number of halogens is 3. The summed E-state index contributed by atoms with van der Waals surface area (Å²) in [6.07, 6.45) is -2.43. The lowest BCUT2D eigenvalue weighted by Crippen LogP contribution is -2.59. The normalized spacial score (nSPS) is 25.9. The van der Waals surface area contributed by atoms with Gasteiger partial charge in [0.05, 0.1) is 43.1 Å². The first-order valence-electron chi connectivity index (χ1n) is 22.3. The minimum Gasteiger partial charge on any atom is -0.497 e. The third kappa shape index (κ3) is 12.0. The van der Waals surface area contributed by atoms with E-state index in [9.17, 15) is 40.8 Å². The van der Waals surface area contributed by atoms with Crippen LogP contribution in [0, 0.1) is 17.8 Å². The van der Waals surface area contributed by atoms with E-state index in [0.29, 0.717) is 72.7 Å². The number of fused-ring (bicyclic) bond motifs is 3. The summed E-state index contributed by atoms with van der Waals surface area (Å²) in [6, 6.07) is 7.70. The van der Waals surface area contributed by atoms with Crippen molar-refractivity contribution < 1.29 is 59.7 Å². The van der Waals surface area contributed by atoms with Gasteiger partial charge in [-0.15, -0.1) is 0 Å². The van der Waals surface area contributed by atoms with Crippen molar-refractivity contribution in [2.24, 2.45) is 17.8 Å². The van der Waals surface area contributed by atoms with E-state index in [1.165, 1.54) is 12.0 Å². The second-order valence-corrected chi connectivity index (χ2v) is 19.7. The predicted octanol–water partition coefficient (Wildman–Crippen LogP) is 6.62. The summed E-state index contributed by atoms with van der Waals surface area (Å²) in [5.41, 5.74) is -0.786. The SMILES string of the molecule is CCCCS(=O)(=O)NC(=O)[C@@]12C[C@H]1/C=C\CC[C@@H](C)C[C@@H](C)[C@H](NC(=O)O[C@H](C)C(F)(F)F)C(=O)N1C[C@H](Oc3nc(-c4ccc(OC(C)C)cn4)cc4cc(OC)ccc34)C[C@H]1C(=O)N2. The average Bonchev–Trinajstić information content (AvgIpc) is 3.78. The van der Waals surface area contributed by atoms with Gasteiger partial charge in [0.15, 0.2) is 6.10 Å². The minimum absolute atomic E-state index is 0.0585. The molecule has 2 fully saturated rings. The molecule has 1 saturated heterocycles. The van der Waals surface area contributed by atoms with Crippen LogP contribution >= 0.6 is 0 Å². The lowest BCUT2D eigenvalue weighted by atomic mass is 9.88. The number of alkyl carbamates (subject to hydrolysis) is 1. The Kier molecular flexibility index (Phi) is 15.4. The maximum atomic E-state index is 14.9. The number of benzene rings is 1. The van der Waals surface area contributed by atoms with Crippen molar-refractivity contribution in [2.75, 3.05) is 19.4 Å². The number of alkyl halides is 3. The summed E-state index contributed by atoms with van der Waals surface area (Å²) in [5, 5.41) is 6.39. The van der Waals surface area contributed by atoms with Gasteiger partial charge in [0.25, 0.3) is 5.91 Å². The molecule has 6 rings (SSSR count). The van der Waals surface area contributed by atoms with Gasteiger partial charge in [0, 0.05) is 17.7 Å². The van der Waals surface area contributed by atoms with Gasteiger partial charge in [-0.05, 0) is 106 Å². The smallest absolute Gasteiger partial charge is 0.425 e. The van der Waals surface area contributed by atoms with Crippen LogP contribution in [0.4, 0.5) is 18.0 Å². The molecular formula is C46H59F3N6O10S. The number of carbonyl (C=O) groups excluding carboxylic acids is 4. The fourth-order valence-corrected chi connectivity index (χ4v) is 9.64.